The van der Waals surface area contributed by atoms with Crippen LogP contribution in [0.3, 0.4) is 0 Å². The number of amides is 1. The Kier molecular flexibility index (Phi) is 7.85. The average Bonchev–Trinajstić information content (AvgIpc) is 2.75. The number of halogens is 1. The van der Waals surface area contributed by atoms with Gasteiger partial charge in [0, 0.05) is 44.5 Å². The first kappa shape index (κ1) is 21.5. The number of nitrogens with zero attached hydrogens (tertiary/aromatic N) is 2. The molecule has 0 saturated carbocycles. The van der Waals surface area contributed by atoms with E-state index in [0.29, 0.717) is 34.1 Å². The minimum atomic E-state index is -0.232. The van der Waals surface area contributed by atoms with Crippen LogP contribution >= 0.6 is 28.1 Å². The van der Waals surface area contributed by atoms with E-state index in [0.717, 1.165) is 26.2 Å². The van der Waals surface area contributed by atoms with E-state index < -0.39 is 0 Å². The maximum absolute atomic E-state index is 12.6. The molecule has 154 valence electrons. The molecule has 1 saturated heterocycles. The van der Waals surface area contributed by atoms with Gasteiger partial charge in [-0.3, -0.25) is 10.1 Å². The second kappa shape index (κ2) is 10.6. The van der Waals surface area contributed by atoms with E-state index in [1.807, 2.05) is 23.1 Å². The zero-order valence-corrected chi connectivity index (χ0v) is 18.7. The Morgan fingerprint density at radius 3 is 2.48 bits per heavy atom. The van der Waals surface area contributed by atoms with Crippen LogP contribution in [0, 0.1) is 0 Å². The first-order valence-corrected chi connectivity index (χ1v) is 10.6. The molecule has 0 aromatic heterocycles. The summed E-state index contributed by atoms with van der Waals surface area (Å²) in [6, 6.07) is 15.5. The summed E-state index contributed by atoms with van der Waals surface area (Å²) in [5.41, 5.74) is 1.72. The molecule has 0 spiro atoms. The largest absolute Gasteiger partial charge is 0.490 e. The molecule has 2 aromatic rings. The van der Waals surface area contributed by atoms with Crippen LogP contribution in [0.5, 0.6) is 5.75 Å². The van der Waals surface area contributed by atoms with Crippen LogP contribution in [-0.4, -0.2) is 62.4 Å². The van der Waals surface area contributed by atoms with Crippen molar-refractivity contribution in [1.82, 2.24) is 10.2 Å². The maximum atomic E-state index is 12.6. The zero-order valence-electron chi connectivity index (χ0n) is 16.3. The fourth-order valence-electron chi connectivity index (χ4n) is 3.05. The second-order valence-corrected chi connectivity index (χ2v) is 7.80. The van der Waals surface area contributed by atoms with Crippen LogP contribution in [0.1, 0.15) is 10.4 Å². The Bertz CT molecular complexity index is 842. The highest BCUT2D eigenvalue weighted by molar-refractivity contribution is 9.10. The number of hydrogen-bond donors (Lipinski definition) is 1. The average molecular weight is 478 g/mol. The fourth-order valence-corrected chi connectivity index (χ4v) is 3.82. The smallest absolute Gasteiger partial charge is 0.257 e. The van der Waals surface area contributed by atoms with E-state index in [-0.39, 0.29) is 5.91 Å². The van der Waals surface area contributed by atoms with Gasteiger partial charge in [0.1, 0.15) is 12.4 Å². The molecule has 1 aliphatic rings. The lowest BCUT2D eigenvalue weighted by Crippen LogP contribution is -2.52. The van der Waals surface area contributed by atoms with Gasteiger partial charge in [-0.1, -0.05) is 18.2 Å². The SMILES string of the molecule is COCCOc1ccc(C(=O)NC(=S)N2CCN(c3ccccc3)CC2)cc1Br. The van der Waals surface area contributed by atoms with Gasteiger partial charge in [0.25, 0.3) is 5.91 Å². The third-order valence-corrected chi connectivity index (χ3v) is 5.63. The Morgan fingerprint density at radius 1 is 1.10 bits per heavy atom. The van der Waals surface area contributed by atoms with E-state index in [2.05, 4.69) is 38.3 Å². The van der Waals surface area contributed by atoms with Gasteiger partial charge in [-0.25, -0.2) is 0 Å². The first-order valence-electron chi connectivity index (χ1n) is 9.40. The molecule has 0 radical (unpaired) electrons. The van der Waals surface area contributed by atoms with Gasteiger partial charge in [-0.2, -0.15) is 0 Å². The van der Waals surface area contributed by atoms with E-state index in [1.165, 1.54) is 5.69 Å². The number of hydrogen-bond acceptors (Lipinski definition) is 5. The van der Waals surface area contributed by atoms with Gasteiger partial charge in [-0.05, 0) is 58.5 Å². The minimum absolute atomic E-state index is 0.232. The lowest BCUT2D eigenvalue weighted by molar-refractivity contribution is 0.0973. The van der Waals surface area contributed by atoms with E-state index in [9.17, 15) is 4.79 Å². The zero-order chi connectivity index (χ0) is 20.6. The summed E-state index contributed by atoms with van der Waals surface area (Å²) in [5.74, 6) is 0.433. The molecule has 0 unspecified atom stereocenters. The molecule has 29 heavy (non-hydrogen) atoms. The molecule has 6 nitrogen and oxygen atoms in total. The molecule has 3 rings (SSSR count). The number of anilines is 1. The number of thiocarbonyl (C=S) groups is 1. The number of carbonyl (C=O) groups is 1. The summed E-state index contributed by atoms with van der Waals surface area (Å²) in [6.45, 7) is 4.20. The molecule has 0 atom stereocenters. The summed E-state index contributed by atoms with van der Waals surface area (Å²) < 4.78 is 11.3. The normalized spacial score (nSPS) is 13.9. The lowest BCUT2D eigenvalue weighted by atomic mass is 10.2. The van der Waals surface area contributed by atoms with Crippen molar-refractivity contribution in [2.24, 2.45) is 0 Å². The highest BCUT2D eigenvalue weighted by Crippen LogP contribution is 2.26. The van der Waals surface area contributed by atoms with Crippen molar-refractivity contribution < 1.29 is 14.3 Å². The molecule has 2 aromatic carbocycles. The number of benzene rings is 2. The van der Waals surface area contributed by atoms with Crippen LogP contribution in [0.4, 0.5) is 5.69 Å². The molecular weight excluding hydrogens is 454 g/mol. The Balaban J connectivity index is 1.52. The summed E-state index contributed by atoms with van der Waals surface area (Å²) in [6.07, 6.45) is 0. The van der Waals surface area contributed by atoms with E-state index in [4.69, 9.17) is 21.7 Å². The van der Waals surface area contributed by atoms with Crippen molar-refractivity contribution in [3.05, 3.63) is 58.6 Å². The van der Waals surface area contributed by atoms with Crippen LogP contribution in [0.2, 0.25) is 0 Å². The third kappa shape index (κ3) is 5.91. The molecule has 1 amide bonds. The third-order valence-electron chi connectivity index (χ3n) is 4.65. The van der Waals surface area contributed by atoms with E-state index in [1.54, 1.807) is 25.3 Å². The Labute approximate surface area is 184 Å². The predicted molar refractivity (Wildman–Crippen MR) is 122 cm³/mol. The first-order chi connectivity index (χ1) is 14.1. The fraction of sp³-hybridized carbons (Fsp3) is 0.333. The van der Waals surface area contributed by atoms with Crippen molar-refractivity contribution in [3.8, 4) is 5.75 Å². The highest BCUT2D eigenvalue weighted by atomic mass is 79.9. The highest BCUT2D eigenvalue weighted by Gasteiger charge is 2.21. The van der Waals surface area contributed by atoms with Crippen molar-refractivity contribution in [2.45, 2.75) is 0 Å². The van der Waals surface area contributed by atoms with Crippen molar-refractivity contribution in [3.63, 3.8) is 0 Å². The van der Waals surface area contributed by atoms with Gasteiger partial charge in [0.15, 0.2) is 5.11 Å². The Hall–Kier alpha value is -2.16. The number of rotatable bonds is 6. The number of nitrogens with one attached hydrogen (secondary N) is 1. The molecule has 1 heterocycles. The van der Waals surface area contributed by atoms with Gasteiger partial charge in [0.05, 0.1) is 11.1 Å². The molecule has 0 aliphatic carbocycles. The molecule has 1 fully saturated rings. The Morgan fingerprint density at radius 2 is 1.83 bits per heavy atom. The summed E-state index contributed by atoms with van der Waals surface area (Å²) in [5, 5.41) is 3.30. The molecule has 8 heteroatoms. The molecule has 1 aliphatic heterocycles. The summed E-state index contributed by atoms with van der Waals surface area (Å²) in [4.78, 5) is 16.9. The van der Waals surface area contributed by atoms with Crippen LogP contribution in [-0.2, 0) is 4.74 Å². The second-order valence-electron chi connectivity index (χ2n) is 6.56. The van der Waals surface area contributed by atoms with Crippen molar-refractivity contribution in [1.29, 1.82) is 0 Å². The van der Waals surface area contributed by atoms with Gasteiger partial charge in [0.2, 0.25) is 0 Å². The van der Waals surface area contributed by atoms with E-state index >= 15 is 0 Å². The van der Waals surface area contributed by atoms with Crippen LogP contribution < -0.4 is 15.0 Å². The topological polar surface area (TPSA) is 54.0 Å². The number of methoxy groups -OCH3 is 1. The number of para-hydroxylation sites is 1. The standard InChI is InChI=1S/C21H24BrN3O3S/c1-27-13-14-28-19-8-7-16(15-18(19)22)20(26)23-21(29)25-11-9-24(10-12-25)17-5-3-2-4-6-17/h2-8,15H,9-14H2,1H3,(H,23,26,29). The van der Waals surface area contributed by atoms with Gasteiger partial charge < -0.3 is 19.3 Å². The van der Waals surface area contributed by atoms with Crippen molar-refractivity contribution in [2.75, 3.05) is 51.4 Å². The summed E-state index contributed by atoms with van der Waals surface area (Å²) in [7, 11) is 1.62. The van der Waals surface area contributed by atoms with Crippen molar-refractivity contribution >= 4 is 44.9 Å². The molecule has 0 bridgehead atoms. The maximum Gasteiger partial charge on any atom is 0.257 e. The van der Waals surface area contributed by atoms with Crippen LogP contribution in [0.25, 0.3) is 0 Å². The number of carbonyl (C=O) groups excluding carboxylic acids is 1. The van der Waals surface area contributed by atoms with Gasteiger partial charge in [-0.15, -0.1) is 0 Å². The number of ether oxygens (including phenoxy) is 2. The molecule has 1 N–H and O–H groups in total. The van der Waals surface area contributed by atoms with Crippen LogP contribution in [0.15, 0.2) is 53.0 Å². The predicted octanol–water partition coefficient (Wildman–Crippen LogP) is 3.31. The van der Waals surface area contributed by atoms with Gasteiger partial charge >= 0.3 is 0 Å². The molecular formula is C21H24BrN3O3S. The lowest BCUT2D eigenvalue weighted by Gasteiger charge is -2.37. The monoisotopic (exact) mass is 477 g/mol. The summed E-state index contributed by atoms with van der Waals surface area (Å²) >= 11 is 8.90. The minimum Gasteiger partial charge on any atom is -0.490 e. The number of piperazine rings is 1. The quantitative estimate of drug-likeness (QED) is 0.508.